The molecule has 2 aromatic carbocycles. The molecule has 122 valence electrons. The Morgan fingerprint density at radius 2 is 1.88 bits per heavy atom. The van der Waals surface area contributed by atoms with E-state index < -0.39 is 12.6 Å². The van der Waals surface area contributed by atoms with Crippen molar-refractivity contribution >= 4 is 17.8 Å². The Morgan fingerprint density at radius 1 is 1.17 bits per heavy atom. The minimum Gasteiger partial charge on any atom is -0.497 e. The van der Waals surface area contributed by atoms with E-state index >= 15 is 0 Å². The summed E-state index contributed by atoms with van der Waals surface area (Å²) in [4.78, 5) is 22.9. The molecule has 0 bridgehead atoms. The van der Waals surface area contributed by atoms with Gasteiger partial charge in [0.05, 0.1) is 12.7 Å². The van der Waals surface area contributed by atoms with Crippen molar-refractivity contribution in [3.8, 4) is 17.2 Å². The first-order chi connectivity index (χ1) is 11.6. The predicted octanol–water partition coefficient (Wildman–Crippen LogP) is 2.77. The van der Waals surface area contributed by atoms with Gasteiger partial charge in [-0.15, -0.1) is 0 Å². The van der Waals surface area contributed by atoms with E-state index in [1.807, 2.05) is 12.1 Å². The number of rotatable bonds is 5. The highest BCUT2D eigenvalue weighted by Gasteiger charge is 2.27. The summed E-state index contributed by atoms with van der Waals surface area (Å²) in [7, 11) is 1.58. The van der Waals surface area contributed by atoms with Gasteiger partial charge in [-0.1, -0.05) is 12.1 Å². The molecule has 0 saturated heterocycles. The quantitative estimate of drug-likeness (QED) is 0.851. The summed E-state index contributed by atoms with van der Waals surface area (Å²) in [5, 5.41) is 8.63. The van der Waals surface area contributed by atoms with E-state index in [0.717, 1.165) is 11.3 Å². The summed E-state index contributed by atoms with van der Waals surface area (Å²) < 4.78 is 15.8. The summed E-state index contributed by atoms with van der Waals surface area (Å²) >= 11 is 0. The lowest BCUT2D eigenvalue weighted by Gasteiger charge is -2.04. The Morgan fingerprint density at radius 3 is 2.54 bits per heavy atom. The number of methoxy groups -OCH3 is 1. The van der Waals surface area contributed by atoms with Crippen molar-refractivity contribution in [3.63, 3.8) is 0 Å². The maximum absolute atomic E-state index is 12.3. The largest absolute Gasteiger partial charge is 0.497 e. The third-order valence-electron chi connectivity index (χ3n) is 3.42. The van der Waals surface area contributed by atoms with Crippen molar-refractivity contribution < 1.29 is 28.9 Å². The lowest BCUT2D eigenvalue weighted by atomic mass is 10.1. The van der Waals surface area contributed by atoms with Crippen LogP contribution in [-0.4, -0.2) is 30.6 Å². The highest BCUT2D eigenvalue weighted by atomic mass is 16.5. The van der Waals surface area contributed by atoms with Crippen LogP contribution in [0, 0.1) is 0 Å². The summed E-state index contributed by atoms with van der Waals surface area (Å²) in [6.07, 6.45) is 1.64. The summed E-state index contributed by atoms with van der Waals surface area (Å²) in [5.74, 6) is 0.292. The second-order valence-electron chi connectivity index (χ2n) is 5.05. The molecule has 0 atom stereocenters. The fraction of sp³-hybridized carbons (Fsp3) is 0.111. The van der Waals surface area contributed by atoms with Crippen LogP contribution in [0.2, 0.25) is 0 Å². The lowest BCUT2D eigenvalue weighted by molar-refractivity contribution is -0.139. The van der Waals surface area contributed by atoms with Crippen molar-refractivity contribution in [1.82, 2.24) is 0 Å². The Labute approximate surface area is 137 Å². The minimum atomic E-state index is -1.08. The van der Waals surface area contributed by atoms with Crippen molar-refractivity contribution in [2.45, 2.75) is 0 Å². The zero-order valence-electron chi connectivity index (χ0n) is 12.8. The molecule has 1 N–H and O–H groups in total. The fourth-order valence-electron chi connectivity index (χ4n) is 2.25. The molecule has 0 fully saturated rings. The second kappa shape index (κ2) is 6.45. The zero-order chi connectivity index (χ0) is 17.1. The lowest BCUT2D eigenvalue weighted by Crippen LogP contribution is -2.09. The first kappa shape index (κ1) is 15.6. The van der Waals surface area contributed by atoms with Gasteiger partial charge in [-0.05, 0) is 35.9 Å². The summed E-state index contributed by atoms with van der Waals surface area (Å²) in [6, 6.07) is 11.8. The van der Waals surface area contributed by atoms with E-state index in [2.05, 4.69) is 0 Å². The molecular formula is C18H14O6. The molecule has 1 aliphatic heterocycles. The molecule has 1 aliphatic rings. The third-order valence-corrected chi connectivity index (χ3v) is 3.42. The minimum absolute atomic E-state index is 0.200. The molecule has 0 saturated carbocycles. The first-order valence-corrected chi connectivity index (χ1v) is 7.14. The first-order valence-electron chi connectivity index (χ1n) is 7.14. The van der Waals surface area contributed by atoms with Crippen molar-refractivity contribution in [2.24, 2.45) is 0 Å². The number of ketones is 1. The molecule has 6 nitrogen and oxygen atoms in total. The highest BCUT2D eigenvalue weighted by molar-refractivity contribution is 6.14. The van der Waals surface area contributed by atoms with Crippen LogP contribution in [0.4, 0.5) is 0 Å². The number of carbonyl (C=O) groups is 2. The Hall–Kier alpha value is -3.28. The van der Waals surface area contributed by atoms with E-state index in [1.165, 1.54) is 6.07 Å². The van der Waals surface area contributed by atoms with Gasteiger partial charge in [0.15, 0.2) is 12.4 Å². The van der Waals surface area contributed by atoms with Gasteiger partial charge in [0.25, 0.3) is 0 Å². The van der Waals surface area contributed by atoms with Crippen LogP contribution >= 0.6 is 0 Å². The van der Waals surface area contributed by atoms with Crippen LogP contribution in [0.1, 0.15) is 15.9 Å². The van der Waals surface area contributed by atoms with Crippen LogP contribution in [0.5, 0.6) is 17.2 Å². The van der Waals surface area contributed by atoms with Gasteiger partial charge < -0.3 is 19.3 Å². The van der Waals surface area contributed by atoms with Crippen LogP contribution in [-0.2, 0) is 4.79 Å². The van der Waals surface area contributed by atoms with Gasteiger partial charge in [-0.3, -0.25) is 4.79 Å². The van der Waals surface area contributed by atoms with Gasteiger partial charge in [-0.2, -0.15) is 0 Å². The van der Waals surface area contributed by atoms with Crippen molar-refractivity contribution in [1.29, 1.82) is 0 Å². The third kappa shape index (κ3) is 3.22. The zero-order valence-corrected chi connectivity index (χ0v) is 12.8. The maximum Gasteiger partial charge on any atom is 0.341 e. The van der Waals surface area contributed by atoms with E-state index in [-0.39, 0.29) is 11.5 Å². The monoisotopic (exact) mass is 326 g/mol. The number of allylic oxidation sites excluding steroid dienone is 1. The van der Waals surface area contributed by atoms with Crippen LogP contribution in [0.3, 0.4) is 0 Å². The van der Waals surface area contributed by atoms with Crippen LogP contribution < -0.4 is 14.2 Å². The molecule has 1 heterocycles. The smallest absolute Gasteiger partial charge is 0.341 e. The number of benzene rings is 2. The van der Waals surface area contributed by atoms with E-state index in [9.17, 15) is 9.59 Å². The molecule has 6 heteroatoms. The molecule has 0 radical (unpaired) electrons. The number of fused-ring (bicyclic) bond motifs is 1. The number of hydrogen-bond donors (Lipinski definition) is 1. The van der Waals surface area contributed by atoms with Gasteiger partial charge in [-0.25, -0.2) is 4.79 Å². The Kier molecular flexibility index (Phi) is 4.20. The number of ether oxygens (including phenoxy) is 3. The van der Waals surface area contributed by atoms with Gasteiger partial charge in [0.2, 0.25) is 5.78 Å². The highest BCUT2D eigenvalue weighted by Crippen LogP contribution is 2.35. The maximum atomic E-state index is 12.3. The van der Waals surface area contributed by atoms with E-state index in [0.29, 0.717) is 17.1 Å². The molecule has 0 unspecified atom stereocenters. The van der Waals surface area contributed by atoms with Crippen molar-refractivity contribution in [3.05, 3.63) is 59.4 Å². The molecule has 2 aromatic rings. The number of carbonyl (C=O) groups excluding carboxylic acids is 1. The predicted molar refractivity (Wildman–Crippen MR) is 85.5 cm³/mol. The van der Waals surface area contributed by atoms with Gasteiger partial charge >= 0.3 is 5.97 Å². The SMILES string of the molecule is COc1ccc(/C=C2/Oc3cc(OCC(=O)O)ccc3C2=O)cc1. The molecule has 3 rings (SSSR count). The van der Waals surface area contributed by atoms with E-state index in [1.54, 1.807) is 37.5 Å². The van der Waals surface area contributed by atoms with Gasteiger partial charge in [0.1, 0.15) is 17.2 Å². The summed E-state index contributed by atoms with van der Waals surface area (Å²) in [5.41, 5.74) is 1.21. The fourth-order valence-corrected chi connectivity index (χ4v) is 2.25. The molecule has 24 heavy (non-hydrogen) atoms. The van der Waals surface area contributed by atoms with Crippen LogP contribution in [0.25, 0.3) is 6.08 Å². The molecule has 0 amide bonds. The molecular weight excluding hydrogens is 312 g/mol. The van der Waals surface area contributed by atoms with E-state index in [4.69, 9.17) is 19.3 Å². The average molecular weight is 326 g/mol. The number of hydrogen-bond acceptors (Lipinski definition) is 5. The second-order valence-corrected chi connectivity index (χ2v) is 5.05. The summed E-state index contributed by atoms with van der Waals surface area (Å²) in [6.45, 7) is -0.457. The molecule has 0 aromatic heterocycles. The number of Topliss-reactive ketones (excluding diaryl/α,β-unsaturated/α-hetero) is 1. The number of carboxylic acids is 1. The molecule has 0 aliphatic carbocycles. The average Bonchev–Trinajstić information content (AvgIpc) is 2.89. The standard InChI is InChI=1S/C18H14O6/c1-22-12-4-2-11(3-5-12)8-16-18(21)14-7-6-13(9-15(14)24-16)23-10-17(19)20/h2-9H,10H2,1H3,(H,19,20)/b16-8+. The Bertz CT molecular complexity index is 820. The molecule has 0 spiro atoms. The normalized spacial score (nSPS) is 14.2. The van der Waals surface area contributed by atoms with Crippen molar-refractivity contribution in [2.75, 3.05) is 13.7 Å². The topological polar surface area (TPSA) is 82.1 Å². The van der Waals surface area contributed by atoms with Crippen LogP contribution in [0.15, 0.2) is 48.2 Å². The van der Waals surface area contributed by atoms with Gasteiger partial charge in [0, 0.05) is 6.07 Å². The number of carboxylic acid groups (broad SMARTS) is 1. The Balaban J connectivity index is 1.81. The number of aliphatic carboxylic acids is 1.